The summed E-state index contributed by atoms with van der Waals surface area (Å²) in [5, 5.41) is 27.4. The van der Waals surface area contributed by atoms with Crippen molar-refractivity contribution >= 4 is 23.4 Å². The van der Waals surface area contributed by atoms with E-state index in [0.29, 0.717) is 28.3 Å². The van der Waals surface area contributed by atoms with Crippen LogP contribution in [0.4, 0.5) is 5.69 Å². The molecule has 0 saturated heterocycles. The molecular weight excluding hydrogens is 492 g/mol. The van der Waals surface area contributed by atoms with E-state index >= 15 is 0 Å². The summed E-state index contributed by atoms with van der Waals surface area (Å²) in [5.41, 5.74) is 7.88. The highest BCUT2D eigenvalue weighted by Crippen LogP contribution is 2.39. The predicted molar refractivity (Wildman–Crippen MR) is 141 cm³/mol. The lowest BCUT2D eigenvalue weighted by atomic mass is 10.0. The van der Waals surface area contributed by atoms with Crippen molar-refractivity contribution in [3.8, 4) is 17.2 Å². The van der Waals surface area contributed by atoms with Crippen LogP contribution < -0.4 is 30.6 Å². The van der Waals surface area contributed by atoms with E-state index in [2.05, 4.69) is 15.8 Å². The van der Waals surface area contributed by atoms with Crippen molar-refractivity contribution in [2.45, 2.75) is 25.6 Å². The van der Waals surface area contributed by atoms with Crippen LogP contribution in [0.2, 0.25) is 0 Å². The van der Waals surface area contributed by atoms with Gasteiger partial charge in [-0.3, -0.25) is 4.79 Å². The highest BCUT2D eigenvalue weighted by molar-refractivity contribution is 5.97. The second kappa shape index (κ2) is 12.9. The third kappa shape index (κ3) is 6.84. The number of carbonyl (C=O) groups is 2. The number of ether oxygens (including phenoxy) is 3. The van der Waals surface area contributed by atoms with E-state index in [0.717, 1.165) is 5.56 Å². The molecule has 0 aromatic heterocycles. The Morgan fingerprint density at radius 3 is 2.18 bits per heavy atom. The van der Waals surface area contributed by atoms with Gasteiger partial charge in [-0.2, -0.15) is 0 Å². The van der Waals surface area contributed by atoms with Crippen molar-refractivity contribution in [2.75, 3.05) is 19.5 Å². The van der Waals surface area contributed by atoms with Crippen LogP contribution >= 0.6 is 0 Å². The number of carboxylic acids is 1. The molecule has 6 N–H and O–H groups in total. The van der Waals surface area contributed by atoms with Crippen molar-refractivity contribution < 1.29 is 34.1 Å². The van der Waals surface area contributed by atoms with Crippen molar-refractivity contribution in [1.82, 2.24) is 5.32 Å². The average Bonchev–Trinajstić information content (AvgIpc) is 2.94. The van der Waals surface area contributed by atoms with Crippen molar-refractivity contribution in [3.63, 3.8) is 0 Å². The number of benzene rings is 3. The number of amidine groups is 1. The summed E-state index contributed by atoms with van der Waals surface area (Å²) in [6.45, 7) is 1.64. The highest BCUT2D eigenvalue weighted by Gasteiger charge is 2.28. The predicted octanol–water partition coefficient (Wildman–Crippen LogP) is 3.12. The monoisotopic (exact) mass is 522 g/mol. The van der Waals surface area contributed by atoms with Crippen LogP contribution in [-0.2, 0) is 16.1 Å². The van der Waals surface area contributed by atoms with E-state index in [1.54, 1.807) is 30.3 Å². The third-order valence-electron chi connectivity index (χ3n) is 5.65. The van der Waals surface area contributed by atoms with Gasteiger partial charge >= 0.3 is 5.97 Å². The first kappa shape index (κ1) is 27.7. The Labute approximate surface area is 219 Å². The second-order valence-corrected chi connectivity index (χ2v) is 8.19. The largest absolute Gasteiger partial charge is 0.493 e. The molecule has 0 bridgehead atoms. The summed E-state index contributed by atoms with van der Waals surface area (Å²) >= 11 is 0. The van der Waals surface area contributed by atoms with Gasteiger partial charge in [-0.25, -0.2) is 4.79 Å². The number of carboxylic acid groups (broad SMARTS) is 1. The molecular formula is C27H30N4O7. The van der Waals surface area contributed by atoms with Gasteiger partial charge in [-0.1, -0.05) is 35.5 Å². The molecule has 0 aliphatic heterocycles. The standard InChI is InChI=1S/C27H30N4O7/c1-16(27(33)34)38-21-14-23(37-3)22(36-2)13-20(21)24(26(32)29-15-17-7-5-4-6-8-17)30-19-11-9-18(10-12-19)25(28)31-35/h4-14,16,24,30,35H,15H2,1-3H3,(H2,28,31)(H,29,32)(H,33,34)/t16-,24+/m1/s1. The number of hydrogen-bond acceptors (Lipinski definition) is 8. The molecule has 0 aliphatic carbocycles. The molecule has 0 saturated carbocycles. The number of methoxy groups -OCH3 is 2. The van der Waals surface area contributed by atoms with Gasteiger partial charge in [0.1, 0.15) is 11.8 Å². The molecule has 0 heterocycles. The lowest BCUT2D eigenvalue weighted by Gasteiger charge is -2.25. The topological polar surface area (TPSA) is 165 Å². The minimum absolute atomic E-state index is 0.0630. The number of oxime groups is 1. The summed E-state index contributed by atoms with van der Waals surface area (Å²) in [6, 6.07) is 17.9. The molecule has 2 atom stereocenters. The number of nitrogens with two attached hydrogens (primary N) is 1. The molecule has 11 nitrogen and oxygen atoms in total. The normalized spacial score (nSPS) is 12.7. The van der Waals surface area contributed by atoms with E-state index in [1.165, 1.54) is 27.2 Å². The second-order valence-electron chi connectivity index (χ2n) is 8.19. The quantitative estimate of drug-likeness (QED) is 0.104. The molecule has 0 radical (unpaired) electrons. The highest BCUT2D eigenvalue weighted by atomic mass is 16.5. The first-order valence-corrected chi connectivity index (χ1v) is 11.6. The van der Waals surface area contributed by atoms with Gasteiger partial charge in [-0.15, -0.1) is 0 Å². The summed E-state index contributed by atoms with van der Waals surface area (Å²) in [7, 11) is 2.89. The average molecular weight is 523 g/mol. The summed E-state index contributed by atoms with van der Waals surface area (Å²) < 4.78 is 16.5. The Hall–Kier alpha value is -4.93. The number of anilines is 1. The van der Waals surface area contributed by atoms with Gasteiger partial charge in [-0.05, 0) is 42.8 Å². The SMILES string of the molecule is COc1cc(O[C@H](C)C(=O)O)c([C@H](Nc2ccc(/C(N)=N/O)cc2)C(=O)NCc2ccccc2)cc1OC. The molecule has 0 spiro atoms. The van der Waals surface area contributed by atoms with Crippen LogP contribution in [0.15, 0.2) is 71.9 Å². The summed E-state index contributed by atoms with van der Waals surface area (Å²) in [6.07, 6.45) is -1.21. The van der Waals surface area contributed by atoms with E-state index < -0.39 is 24.0 Å². The fraction of sp³-hybridized carbons (Fsp3) is 0.222. The Kier molecular flexibility index (Phi) is 9.36. The van der Waals surface area contributed by atoms with Crippen molar-refractivity contribution in [2.24, 2.45) is 10.9 Å². The number of aliphatic carboxylic acids is 1. The van der Waals surface area contributed by atoms with Gasteiger partial charge in [0.05, 0.1) is 14.2 Å². The van der Waals surface area contributed by atoms with Crippen molar-refractivity contribution in [1.29, 1.82) is 0 Å². The van der Waals surface area contributed by atoms with E-state index in [4.69, 9.17) is 25.2 Å². The molecule has 0 unspecified atom stereocenters. The number of rotatable bonds is 12. The van der Waals surface area contributed by atoms with E-state index in [1.807, 2.05) is 30.3 Å². The molecule has 0 aliphatic rings. The molecule has 3 aromatic carbocycles. The lowest BCUT2D eigenvalue weighted by molar-refractivity contribution is -0.144. The van der Waals surface area contributed by atoms with Crippen LogP contribution in [0, 0.1) is 0 Å². The fourth-order valence-electron chi connectivity index (χ4n) is 3.58. The zero-order chi connectivity index (χ0) is 27.7. The minimum atomic E-state index is -1.21. The van der Waals surface area contributed by atoms with Crippen molar-refractivity contribution in [3.05, 3.63) is 83.4 Å². The van der Waals surface area contributed by atoms with Gasteiger partial charge < -0.3 is 40.9 Å². The van der Waals surface area contributed by atoms with E-state index in [9.17, 15) is 14.7 Å². The molecule has 3 rings (SSSR count). The maximum atomic E-state index is 13.6. The number of nitrogens with zero attached hydrogens (tertiary/aromatic N) is 1. The zero-order valence-corrected chi connectivity index (χ0v) is 21.2. The molecule has 1 amide bonds. The first-order valence-electron chi connectivity index (χ1n) is 11.6. The first-order chi connectivity index (χ1) is 18.3. The fourth-order valence-corrected chi connectivity index (χ4v) is 3.58. The maximum Gasteiger partial charge on any atom is 0.344 e. The number of hydrogen-bond donors (Lipinski definition) is 5. The maximum absolute atomic E-state index is 13.6. The molecule has 38 heavy (non-hydrogen) atoms. The Balaban J connectivity index is 2.05. The molecule has 11 heteroatoms. The summed E-state index contributed by atoms with van der Waals surface area (Å²) in [5.74, 6) is -0.903. The van der Waals surface area contributed by atoms with Gasteiger partial charge in [0, 0.05) is 29.4 Å². The molecule has 200 valence electrons. The van der Waals surface area contributed by atoms with Gasteiger partial charge in [0.2, 0.25) is 5.91 Å². The van der Waals surface area contributed by atoms with Crippen LogP contribution in [0.5, 0.6) is 17.2 Å². The Morgan fingerprint density at radius 2 is 1.61 bits per heavy atom. The molecule has 3 aromatic rings. The van der Waals surface area contributed by atoms with Gasteiger partial charge in [0.25, 0.3) is 0 Å². The van der Waals surface area contributed by atoms with Crippen LogP contribution in [0.1, 0.15) is 29.7 Å². The zero-order valence-electron chi connectivity index (χ0n) is 21.2. The van der Waals surface area contributed by atoms with Crippen LogP contribution in [-0.4, -0.2) is 48.3 Å². The van der Waals surface area contributed by atoms with Crippen LogP contribution in [0.25, 0.3) is 0 Å². The number of amides is 1. The lowest BCUT2D eigenvalue weighted by Crippen LogP contribution is -2.34. The number of nitrogens with one attached hydrogen (secondary N) is 2. The Bertz CT molecular complexity index is 1280. The number of carbonyl (C=O) groups excluding carboxylic acids is 1. The minimum Gasteiger partial charge on any atom is -0.493 e. The van der Waals surface area contributed by atoms with Gasteiger partial charge in [0.15, 0.2) is 23.4 Å². The van der Waals surface area contributed by atoms with E-state index in [-0.39, 0.29) is 18.1 Å². The summed E-state index contributed by atoms with van der Waals surface area (Å²) in [4.78, 5) is 25.1. The Morgan fingerprint density at radius 1 is 0.974 bits per heavy atom. The van der Waals surface area contributed by atoms with Crippen LogP contribution in [0.3, 0.4) is 0 Å². The molecule has 0 fully saturated rings. The third-order valence-corrected chi connectivity index (χ3v) is 5.65. The smallest absolute Gasteiger partial charge is 0.344 e.